The molecule has 0 saturated carbocycles. The zero-order valence-corrected chi connectivity index (χ0v) is 15.9. The van der Waals surface area contributed by atoms with Gasteiger partial charge in [0.25, 0.3) is 5.91 Å². The number of fused-ring (bicyclic) bond motifs is 1. The Morgan fingerprint density at radius 1 is 1.21 bits per heavy atom. The summed E-state index contributed by atoms with van der Waals surface area (Å²) in [4.78, 5) is 26.1. The highest BCUT2D eigenvalue weighted by molar-refractivity contribution is 6.02. The topological polar surface area (TPSA) is 138 Å². The number of carboxylic acids is 1. The van der Waals surface area contributed by atoms with E-state index in [2.05, 4.69) is 0 Å². The van der Waals surface area contributed by atoms with Crippen LogP contribution in [0.15, 0.2) is 24.3 Å². The third-order valence-corrected chi connectivity index (χ3v) is 5.46. The molecule has 0 radical (unpaired) electrons. The van der Waals surface area contributed by atoms with E-state index in [1.165, 1.54) is 0 Å². The van der Waals surface area contributed by atoms with Crippen molar-refractivity contribution in [2.45, 2.75) is 32.2 Å². The minimum Gasteiger partial charge on any atom is -0.481 e. The molecule has 0 unspecified atom stereocenters. The van der Waals surface area contributed by atoms with Crippen molar-refractivity contribution in [3.05, 3.63) is 35.5 Å². The fourth-order valence-corrected chi connectivity index (χ4v) is 3.87. The first-order valence-corrected chi connectivity index (χ1v) is 9.59. The van der Waals surface area contributed by atoms with Crippen molar-refractivity contribution < 1.29 is 14.7 Å². The highest BCUT2D eigenvalue weighted by Gasteiger charge is 2.26. The number of amides is 1. The van der Waals surface area contributed by atoms with Gasteiger partial charge in [0.15, 0.2) is 0 Å². The molecule has 1 aliphatic heterocycles. The summed E-state index contributed by atoms with van der Waals surface area (Å²) in [5.41, 5.74) is 13.0. The number of hydrogen-bond acceptors (Lipinski definition) is 4. The number of nitrogens with two attached hydrogens (primary N) is 2. The van der Waals surface area contributed by atoms with E-state index in [0.29, 0.717) is 36.8 Å². The van der Waals surface area contributed by atoms with Crippen LogP contribution in [0.1, 0.15) is 41.7 Å². The number of aliphatic carboxylic acids is 1. The Morgan fingerprint density at radius 3 is 2.54 bits per heavy atom. The summed E-state index contributed by atoms with van der Waals surface area (Å²) in [6.07, 6.45) is 2.77. The van der Waals surface area contributed by atoms with Crippen molar-refractivity contribution in [2.75, 3.05) is 19.6 Å². The number of likely N-dealkylation sites (tertiary alicyclic amines) is 1. The predicted molar refractivity (Wildman–Crippen MR) is 108 cm³/mol. The van der Waals surface area contributed by atoms with Gasteiger partial charge >= 0.3 is 5.97 Å². The second-order valence-corrected chi connectivity index (χ2v) is 7.33. The largest absolute Gasteiger partial charge is 0.481 e. The lowest BCUT2D eigenvalue weighted by Gasteiger charge is -2.32. The molecule has 2 heterocycles. The second kappa shape index (κ2) is 8.43. The minimum absolute atomic E-state index is 0.0669. The summed E-state index contributed by atoms with van der Waals surface area (Å²) in [5.74, 6) is -0.518. The summed E-state index contributed by atoms with van der Waals surface area (Å²) < 4.78 is 1.74. The molecule has 6 N–H and O–H groups in total. The highest BCUT2D eigenvalue weighted by Crippen LogP contribution is 2.26. The molecule has 2 aromatic rings. The number of carbonyl (C=O) groups is 2. The predicted octanol–water partition coefficient (Wildman–Crippen LogP) is 1.60. The van der Waals surface area contributed by atoms with Gasteiger partial charge in [0, 0.05) is 36.1 Å². The molecule has 28 heavy (non-hydrogen) atoms. The molecule has 1 amide bonds. The highest BCUT2D eigenvalue weighted by atomic mass is 16.4. The van der Waals surface area contributed by atoms with Crippen LogP contribution in [0.25, 0.3) is 10.9 Å². The number of hydrogen-bond donors (Lipinski definition) is 4. The Kier molecular flexibility index (Phi) is 5.99. The SMILES string of the molecule is N=C(N)c1ccc2cc(C(=O)N3CCC(CCN)CC3)n(CCC(=O)O)c2c1. The summed E-state index contributed by atoms with van der Waals surface area (Å²) in [7, 11) is 0. The number of carbonyl (C=O) groups excluding carboxylic acids is 1. The van der Waals surface area contributed by atoms with Gasteiger partial charge in [0.1, 0.15) is 11.5 Å². The molecule has 8 heteroatoms. The van der Waals surface area contributed by atoms with E-state index >= 15 is 0 Å². The molecule has 0 aliphatic carbocycles. The molecule has 1 aromatic heterocycles. The Balaban J connectivity index is 1.92. The quantitative estimate of drug-likeness (QED) is 0.423. The Labute approximate surface area is 163 Å². The molecule has 0 spiro atoms. The van der Waals surface area contributed by atoms with Crippen LogP contribution in [0.2, 0.25) is 0 Å². The maximum absolute atomic E-state index is 13.2. The molecule has 150 valence electrons. The molecule has 0 bridgehead atoms. The average Bonchev–Trinajstić information content (AvgIpc) is 3.04. The number of carboxylic acid groups (broad SMARTS) is 1. The van der Waals surface area contributed by atoms with Crippen molar-refractivity contribution in [1.29, 1.82) is 5.41 Å². The van der Waals surface area contributed by atoms with E-state index in [4.69, 9.17) is 22.0 Å². The van der Waals surface area contributed by atoms with Gasteiger partial charge in [-0.15, -0.1) is 0 Å². The van der Waals surface area contributed by atoms with E-state index in [1.807, 2.05) is 11.0 Å². The lowest BCUT2D eigenvalue weighted by molar-refractivity contribution is -0.137. The van der Waals surface area contributed by atoms with Crippen molar-refractivity contribution in [3.63, 3.8) is 0 Å². The fourth-order valence-electron chi connectivity index (χ4n) is 3.87. The molecule has 3 rings (SSSR count). The second-order valence-electron chi connectivity index (χ2n) is 7.33. The zero-order chi connectivity index (χ0) is 20.3. The molecule has 1 fully saturated rings. The van der Waals surface area contributed by atoms with Crippen molar-refractivity contribution in [1.82, 2.24) is 9.47 Å². The summed E-state index contributed by atoms with van der Waals surface area (Å²) in [6, 6.07) is 7.09. The van der Waals surface area contributed by atoms with Gasteiger partial charge in [-0.25, -0.2) is 0 Å². The smallest absolute Gasteiger partial charge is 0.305 e. The summed E-state index contributed by atoms with van der Waals surface area (Å²) >= 11 is 0. The maximum atomic E-state index is 13.2. The molecule has 0 atom stereocenters. The number of piperidine rings is 1. The van der Waals surface area contributed by atoms with Crippen LogP contribution < -0.4 is 11.5 Å². The third-order valence-electron chi connectivity index (χ3n) is 5.46. The Bertz CT molecular complexity index is 897. The molecule has 8 nitrogen and oxygen atoms in total. The van der Waals surface area contributed by atoms with Crippen LogP contribution in [-0.2, 0) is 11.3 Å². The van der Waals surface area contributed by atoms with Crippen molar-refractivity contribution in [2.24, 2.45) is 17.4 Å². The van der Waals surface area contributed by atoms with Crippen LogP contribution in [0.5, 0.6) is 0 Å². The van der Waals surface area contributed by atoms with Crippen LogP contribution >= 0.6 is 0 Å². The number of aryl methyl sites for hydroxylation is 1. The van der Waals surface area contributed by atoms with E-state index < -0.39 is 5.97 Å². The summed E-state index contributed by atoms with van der Waals surface area (Å²) in [6.45, 7) is 2.22. The lowest BCUT2D eigenvalue weighted by Crippen LogP contribution is -2.39. The Morgan fingerprint density at radius 2 is 1.93 bits per heavy atom. The van der Waals surface area contributed by atoms with Crippen LogP contribution in [0.4, 0.5) is 0 Å². The summed E-state index contributed by atoms with van der Waals surface area (Å²) in [5, 5.41) is 17.6. The number of nitrogen functional groups attached to an aromatic ring is 1. The number of rotatable bonds is 7. The standard InChI is InChI=1S/C20H27N5O3/c21-7-3-13-4-8-24(9-5-13)20(28)17-11-14-1-2-15(19(22)23)12-16(14)25(17)10-6-18(26)27/h1-2,11-13H,3-10,21H2,(H3,22,23)(H,26,27). The fraction of sp³-hybridized carbons (Fsp3) is 0.450. The van der Waals surface area contributed by atoms with E-state index in [-0.39, 0.29) is 24.7 Å². The van der Waals surface area contributed by atoms with Gasteiger partial charge in [-0.3, -0.25) is 15.0 Å². The van der Waals surface area contributed by atoms with Crippen molar-refractivity contribution in [3.8, 4) is 0 Å². The molecule has 1 aliphatic rings. The van der Waals surface area contributed by atoms with Crippen LogP contribution in [-0.4, -0.2) is 51.9 Å². The number of nitrogens with one attached hydrogen (secondary N) is 1. The normalized spacial score (nSPS) is 15.1. The van der Waals surface area contributed by atoms with Gasteiger partial charge in [-0.05, 0) is 43.9 Å². The minimum atomic E-state index is -0.925. The van der Waals surface area contributed by atoms with Crippen molar-refractivity contribution >= 4 is 28.6 Å². The molecular weight excluding hydrogens is 358 g/mol. The van der Waals surface area contributed by atoms with Gasteiger partial charge in [-0.2, -0.15) is 0 Å². The Hall–Kier alpha value is -2.87. The van der Waals surface area contributed by atoms with E-state index in [0.717, 1.165) is 30.2 Å². The first kappa shape index (κ1) is 19.9. The number of benzene rings is 1. The molecule has 1 aromatic carbocycles. The number of aromatic nitrogens is 1. The maximum Gasteiger partial charge on any atom is 0.305 e. The van der Waals surface area contributed by atoms with E-state index in [1.54, 1.807) is 22.8 Å². The van der Waals surface area contributed by atoms with Gasteiger partial charge < -0.3 is 26.0 Å². The number of nitrogens with zero attached hydrogens (tertiary/aromatic N) is 2. The van der Waals surface area contributed by atoms with E-state index in [9.17, 15) is 9.59 Å². The first-order chi connectivity index (χ1) is 13.4. The van der Waals surface area contributed by atoms with Crippen LogP contribution in [0.3, 0.4) is 0 Å². The van der Waals surface area contributed by atoms with Gasteiger partial charge in [0.2, 0.25) is 0 Å². The monoisotopic (exact) mass is 385 g/mol. The zero-order valence-electron chi connectivity index (χ0n) is 15.9. The average molecular weight is 385 g/mol. The number of amidine groups is 1. The lowest BCUT2D eigenvalue weighted by atomic mass is 9.93. The van der Waals surface area contributed by atoms with Crippen LogP contribution in [0, 0.1) is 11.3 Å². The van der Waals surface area contributed by atoms with Gasteiger partial charge in [-0.1, -0.05) is 12.1 Å². The molecule has 1 saturated heterocycles. The molecular formula is C20H27N5O3. The third kappa shape index (κ3) is 4.17. The van der Waals surface area contributed by atoms with Gasteiger partial charge in [0.05, 0.1) is 6.42 Å². The first-order valence-electron chi connectivity index (χ1n) is 9.59.